The molecular formula is C64H121N2O7P. The Hall–Kier alpha value is -2.03. The molecule has 9 nitrogen and oxygen atoms in total. The van der Waals surface area contributed by atoms with E-state index in [0.717, 1.165) is 83.5 Å². The highest BCUT2D eigenvalue weighted by atomic mass is 31.2. The molecule has 0 bridgehead atoms. The van der Waals surface area contributed by atoms with Crippen LogP contribution in [-0.4, -0.2) is 69.4 Å². The van der Waals surface area contributed by atoms with Crippen molar-refractivity contribution >= 4 is 19.7 Å². The number of amides is 1. The summed E-state index contributed by atoms with van der Waals surface area (Å²) in [6.07, 6.45) is 66.4. The lowest BCUT2D eigenvalue weighted by Gasteiger charge is -2.30. The summed E-state index contributed by atoms with van der Waals surface area (Å²) >= 11 is 0. The Morgan fingerprint density at radius 2 is 0.824 bits per heavy atom. The zero-order chi connectivity index (χ0) is 54.3. The minimum absolute atomic E-state index is 0.0224. The van der Waals surface area contributed by atoms with E-state index in [9.17, 15) is 19.0 Å². The SMILES string of the molecule is CCCCC/C=C\C/C=C\C/C=C\CCCCCCCCCCC(=O)OC(/C=C/CCCCCCCCCCC)C(COP(=O)([O-])OCC[N+](C)(C)C)NC(=O)CCCCCCCCCCCCCCCCCC. The van der Waals surface area contributed by atoms with Crippen molar-refractivity contribution < 1.29 is 37.3 Å². The Morgan fingerprint density at radius 3 is 1.26 bits per heavy atom. The number of hydrogen-bond acceptors (Lipinski definition) is 7. The molecule has 0 aromatic heterocycles. The average molecular weight is 1060 g/mol. The van der Waals surface area contributed by atoms with E-state index < -0.39 is 20.0 Å². The monoisotopic (exact) mass is 1060 g/mol. The molecule has 0 radical (unpaired) electrons. The molecule has 10 heteroatoms. The van der Waals surface area contributed by atoms with Crippen LogP contribution >= 0.6 is 7.82 Å². The summed E-state index contributed by atoms with van der Waals surface area (Å²) in [5.74, 6) is -0.539. The second-order valence-corrected chi connectivity index (χ2v) is 24.0. The van der Waals surface area contributed by atoms with Crippen molar-refractivity contribution in [3.63, 3.8) is 0 Å². The lowest BCUT2D eigenvalue weighted by molar-refractivity contribution is -0.870. The van der Waals surface area contributed by atoms with Crippen molar-refractivity contribution in [3.05, 3.63) is 48.6 Å². The number of nitrogens with one attached hydrogen (secondary N) is 1. The number of quaternary nitrogens is 1. The van der Waals surface area contributed by atoms with E-state index in [1.165, 1.54) is 180 Å². The first kappa shape index (κ1) is 72.0. The molecule has 1 N–H and O–H groups in total. The minimum atomic E-state index is -4.70. The Morgan fingerprint density at radius 1 is 0.473 bits per heavy atom. The average Bonchev–Trinajstić information content (AvgIpc) is 3.36. The maximum atomic E-state index is 13.5. The molecule has 0 spiro atoms. The topological polar surface area (TPSA) is 114 Å². The highest BCUT2D eigenvalue weighted by Crippen LogP contribution is 2.38. The lowest BCUT2D eigenvalue weighted by Crippen LogP contribution is -2.47. The summed E-state index contributed by atoms with van der Waals surface area (Å²) < 4.78 is 30.3. The van der Waals surface area contributed by atoms with E-state index in [1.54, 1.807) is 0 Å². The van der Waals surface area contributed by atoms with Crippen LogP contribution in [0.4, 0.5) is 0 Å². The van der Waals surface area contributed by atoms with Crippen LogP contribution in [-0.2, 0) is 27.9 Å². The van der Waals surface area contributed by atoms with Gasteiger partial charge in [0.05, 0.1) is 33.8 Å². The van der Waals surface area contributed by atoms with Gasteiger partial charge < -0.3 is 28.5 Å². The van der Waals surface area contributed by atoms with Gasteiger partial charge in [0.2, 0.25) is 5.91 Å². The number of esters is 1. The van der Waals surface area contributed by atoms with Crippen LogP contribution in [0.5, 0.6) is 0 Å². The number of ether oxygens (including phenoxy) is 1. The highest BCUT2D eigenvalue weighted by molar-refractivity contribution is 7.45. The number of phosphoric ester groups is 1. The van der Waals surface area contributed by atoms with Gasteiger partial charge in [-0.1, -0.05) is 262 Å². The third kappa shape index (κ3) is 54.7. The van der Waals surface area contributed by atoms with Gasteiger partial charge in [-0.05, 0) is 70.3 Å². The Labute approximate surface area is 458 Å². The maximum Gasteiger partial charge on any atom is 0.306 e. The molecule has 0 fully saturated rings. The number of phosphoric acid groups is 1. The van der Waals surface area contributed by atoms with E-state index in [1.807, 2.05) is 33.3 Å². The predicted octanol–water partition coefficient (Wildman–Crippen LogP) is 18.6. The molecule has 0 aliphatic rings. The quantitative estimate of drug-likeness (QED) is 0.0212. The largest absolute Gasteiger partial charge is 0.756 e. The third-order valence-corrected chi connectivity index (χ3v) is 15.0. The van der Waals surface area contributed by atoms with E-state index in [-0.39, 0.29) is 31.5 Å². The molecule has 0 aromatic rings. The first-order valence-corrected chi connectivity index (χ1v) is 32.9. The van der Waals surface area contributed by atoms with Crippen molar-refractivity contribution in [2.24, 2.45) is 0 Å². The summed E-state index contributed by atoms with van der Waals surface area (Å²) in [6, 6.07) is -0.888. The molecular weight excluding hydrogens is 940 g/mol. The Bertz CT molecular complexity index is 1410. The Balaban J connectivity index is 5.19. The van der Waals surface area contributed by atoms with E-state index >= 15 is 0 Å². The third-order valence-electron chi connectivity index (χ3n) is 14.0. The first-order chi connectivity index (χ1) is 35.9. The second-order valence-electron chi connectivity index (χ2n) is 22.6. The number of rotatable bonds is 57. The van der Waals surface area contributed by atoms with Crippen LogP contribution in [0.1, 0.15) is 297 Å². The van der Waals surface area contributed by atoms with Crippen LogP contribution in [0.2, 0.25) is 0 Å². The molecule has 74 heavy (non-hydrogen) atoms. The van der Waals surface area contributed by atoms with Gasteiger partial charge in [-0.2, -0.15) is 0 Å². The Kier molecular flexibility index (Phi) is 52.8. The summed E-state index contributed by atoms with van der Waals surface area (Å²) in [5.41, 5.74) is 0. The van der Waals surface area contributed by atoms with E-state index in [2.05, 4.69) is 62.5 Å². The lowest BCUT2D eigenvalue weighted by atomic mass is 10.0. The molecule has 1 amide bonds. The zero-order valence-electron chi connectivity index (χ0n) is 49.6. The van der Waals surface area contributed by atoms with Gasteiger partial charge in [0, 0.05) is 12.8 Å². The molecule has 3 unspecified atom stereocenters. The normalized spacial score (nSPS) is 14.0. The van der Waals surface area contributed by atoms with Crippen molar-refractivity contribution in [2.75, 3.05) is 40.9 Å². The van der Waals surface area contributed by atoms with Gasteiger partial charge in [0.15, 0.2) is 0 Å². The second kappa shape index (κ2) is 54.3. The van der Waals surface area contributed by atoms with E-state index in [0.29, 0.717) is 17.4 Å². The van der Waals surface area contributed by atoms with Gasteiger partial charge in [-0.25, -0.2) is 0 Å². The number of nitrogens with zero attached hydrogens (tertiary/aromatic N) is 1. The zero-order valence-corrected chi connectivity index (χ0v) is 50.4. The molecule has 0 saturated heterocycles. The number of carbonyl (C=O) groups is 2. The molecule has 0 aromatic carbocycles. The van der Waals surface area contributed by atoms with Gasteiger partial charge >= 0.3 is 5.97 Å². The standard InChI is InChI=1S/C64H121N2O7P/c1-7-10-13-16-19-22-25-27-29-31-32-33-34-35-37-39-42-45-48-51-54-57-64(68)73-62(55-52-49-46-43-40-24-21-18-15-12-9-3)61(60-72-74(69,70)71-59-58-66(4,5)6)65-63(67)56-53-50-47-44-41-38-36-30-28-26-23-20-17-14-11-8-2/h19,22,27,29,32-33,52,55,61-62H,7-18,20-21,23-26,28,30-31,34-51,53-54,56-60H2,1-6H3,(H-,65,67,69,70)/b22-19-,29-27-,33-32-,55-52+. The number of unbranched alkanes of at least 4 members (excludes halogenated alkanes) is 35. The molecule has 0 aliphatic heterocycles. The van der Waals surface area contributed by atoms with Crippen molar-refractivity contribution in [1.29, 1.82) is 0 Å². The molecule has 3 atom stereocenters. The van der Waals surface area contributed by atoms with Gasteiger partial charge in [-0.15, -0.1) is 0 Å². The van der Waals surface area contributed by atoms with E-state index in [4.69, 9.17) is 13.8 Å². The van der Waals surface area contributed by atoms with Gasteiger partial charge in [0.1, 0.15) is 19.3 Å². The van der Waals surface area contributed by atoms with Crippen LogP contribution in [0.3, 0.4) is 0 Å². The van der Waals surface area contributed by atoms with Crippen molar-refractivity contribution in [3.8, 4) is 0 Å². The fourth-order valence-corrected chi connectivity index (χ4v) is 9.84. The summed E-state index contributed by atoms with van der Waals surface area (Å²) in [4.78, 5) is 40.0. The molecule has 0 rings (SSSR count). The highest BCUT2D eigenvalue weighted by Gasteiger charge is 2.27. The number of carbonyl (C=O) groups excluding carboxylic acids is 2. The summed E-state index contributed by atoms with van der Waals surface area (Å²) in [7, 11) is 1.19. The smallest absolute Gasteiger partial charge is 0.306 e. The fraction of sp³-hybridized carbons (Fsp3) is 0.844. The molecule has 0 saturated carbocycles. The van der Waals surface area contributed by atoms with Gasteiger partial charge in [-0.3, -0.25) is 14.2 Å². The molecule has 434 valence electrons. The number of allylic oxidation sites excluding steroid dienone is 7. The molecule has 0 aliphatic carbocycles. The first-order valence-electron chi connectivity index (χ1n) is 31.4. The number of hydrogen-bond donors (Lipinski definition) is 1. The summed E-state index contributed by atoms with van der Waals surface area (Å²) in [6.45, 7) is 6.83. The van der Waals surface area contributed by atoms with Crippen molar-refractivity contribution in [2.45, 2.75) is 309 Å². The predicted molar refractivity (Wildman–Crippen MR) is 316 cm³/mol. The van der Waals surface area contributed by atoms with Gasteiger partial charge in [0.25, 0.3) is 7.82 Å². The van der Waals surface area contributed by atoms with Crippen LogP contribution in [0.15, 0.2) is 48.6 Å². The van der Waals surface area contributed by atoms with Crippen LogP contribution in [0.25, 0.3) is 0 Å². The van der Waals surface area contributed by atoms with Crippen molar-refractivity contribution in [1.82, 2.24) is 5.32 Å². The summed E-state index contributed by atoms with van der Waals surface area (Å²) in [5, 5.41) is 3.03. The molecule has 0 heterocycles. The fourth-order valence-electron chi connectivity index (χ4n) is 9.12. The minimum Gasteiger partial charge on any atom is -0.756 e. The maximum absolute atomic E-state index is 13.5. The van der Waals surface area contributed by atoms with Crippen LogP contribution in [0, 0.1) is 0 Å². The number of likely N-dealkylation sites (N-methyl/N-ethyl adjacent to an activating group) is 1. The van der Waals surface area contributed by atoms with Crippen LogP contribution < -0.4 is 10.2 Å².